The van der Waals surface area contributed by atoms with Gasteiger partial charge in [-0.05, 0) is 13.8 Å². The van der Waals surface area contributed by atoms with Crippen molar-refractivity contribution < 1.29 is 19.4 Å². The summed E-state index contributed by atoms with van der Waals surface area (Å²) in [6.45, 7) is 7.59. The molecule has 104 valence electrons. The Morgan fingerprint density at radius 2 is 2.11 bits per heavy atom. The number of rotatable bonds is 5. The van der Waals surface area contributed by atoms with E-state index in [0.29, 0.717) is 13.0 Å². The highest BCUT2D eigenvalue weighted by molar-refractivity contribution is 5.91. The first-order chi connectivity index (χ1) is 8.16. The van der Waals surface area contributed by atoms with Gasteiger partial charge in [-0.25, -0.2) is 0 Å². The minimum atomic E-state index is -1.08. The van der Waals surface area contributed by atoms with Crippen LogP contribution in [0.25, 0.3) is 0 Å². The zero-order chi connectivity index (χ0) is 14.1. The van der Waals surface area contributed by atoms with Crippen LogP contribution in [0.1, 0.15) is 34.1 Å². The molecule has 1 saturated carbocycles. The van der Waals surface area contributed by atoms with Gasteiger partial charge in [-0.1, -0.05) is 13.8 Å². The average molecular weight is 258 g/mol. The van der Waals surface area contributed by atoms with E-state index in [2.05, 4.69) is 5.32 Å². The fourth-order valence-corrected chi connectivity index (χ4v) is 2.21. The number of hydrogen-bond acceptors (Lipinski definition) is 4. The Labute approximate surface area is 107 Å². The van der Waals surface area contributed by atoms with Crippen LogP contribution in [-0.4, -0.2) is 41.3 Å². The average Bonchev–Trinajstić information content (AvgIpc) is 2.28. The van der Waals surface area contributed by atoms with Crippen LogP contribution < -0.4 is 11.1 Å². The Morgan fingerprint density at radius 1 is 1.56 bits per heavy atom. The first kappa shape index (κ1) is 14.9. The Kier molecular flexibility index (Phi) is 4.02. The summed E-state index contributed by atoms with van der Waals surface area (Å²) in [6, 6.07) is -0.945. The number of nitrogens with two attached hydrogens (primary N) is 1. The van der Waals surface area contributed by atoms with Gasteiger partial charge in [0.15, 0.2) is 0 Å². The molecule has 0 aromatic carbocycles. The van der Waals surface area contributed by atoms with Crippen molar-refractivity contribution in [1.29, 1.82) is 0 Å². The first-order valence-electron chi connectivity index (χ1n) is 6.11. The maximum Gasteiger partial charge on any atom is 0.325 e. The molecule has 1 aliphatic carbocycles. The molecular formula is C12H22N2O4. The van der Waals surface area contributed by atoms with Crippen LogP contribution >= 0.6 is 0 Å². The Bertz CT molecular complexity index is 356. The lowest BCUT2D eigenvalue weighted by Crippen LogP contribution is -2.76. The molecule has 1 rings (SSSR count). The first-order valence-corrected chi connectivity index (χ1v) is 6.11. The predicted molar refractivity (Wildman–Crippen MR) is 66.0 cm³/mol. The molecular weight excluding hydrogens is 236 g/mol. The van der Waals surface area contributed by atoms with E-state index in [9.17, 15) is 9.59 Å². The second-order valence-electron chi connectivity index (χ2n) is 5.37. The minimum absolute atomic E-state index is 0.0709. The normalized spacial score (nSPS) is 31.3. The number of hydrogen-bond donors (Lipinski definition) is 3. The Balaban J connectivity index is 2.72. The van der Waals surface area contributed by atoms with E-state index < -0.39 is 28.9 Å². The number of carboxylic acid groups (broad SMARTS) is 1. The van der Waals surface area contributed by atoms with Crippen molar-refractivity contribution in [1.82, 2.24) is 5.32 Å². The molecule has 0 aromatic rings. The lowest BCUT2D eigenvalue weighted by atomic mass is 9.54. The van der Waals surface area contributed by atoms with Crippen LogP contribution in [0.4, 0.5) is 0 Å². The number of ether oxygens (including phenoxy) is 1. The molecule has 0 aliphatic heterocycles. The molecule has 1 amide bonds. The maximum absolute atomic E-state index is 12.1. The third kappa shape index (κ3) is 2.22. The van der Waals surface area contributed by atoms with Crippen molar-refractivity contribution in [3.8, 4) is 0 Å². The molecule has 0 bridgehead atoms. The molecule has 1 aliphatic rings. The highest BCUT2D eigenvalue weighted by Crippen LogP contribution is 2.49. The molecule has 4 N–H and O–H groups in total. The third-order valence-corrected chi connectivity index (χ3v) is 3.95. The van der Waals surface area contributed by atoms with Crippen molar-refractivity contribution in [3.63, 3.8) is 0 Å². The van der Waals surface area contributed by atoms with Gasteiger partial charge in [0.1, 0.15) is 11.6 Å². The van der Waals surface area contributed by atoms with Gasteiger partial charge in [-0.3, -0.25) is 9.59 Å². The molecule has 18 heavy (non-hydrogen) atoms. The lowest BCUT2D eigenvalue weighted by molar-refractivity contribution is -0.172. The second-order valence-corrected chi connectivity index (χ2v) is 5.37. The molecule has 0 heterocycles. The fraction of sp³-hybridized carbons (Fsp3) is 0.833. The van der Waals surface area contributed by atoms with Crippen molar-refractivity contribution in [2.24, 2.45) is 11.1 Å². The van der Waals surface area contributed by atoms with E-state index in [1.165, 1.54) is 6.92 Å². The van der Waals surface area contributed by atoms with Gasteiger partial charge >= 0.3 is 5.97 Å². The van der Waals surface area contributed by atoms with Crippen LogP contribution in [-0.2, 0) is 14.3 Å². The van der Waals surface area contributed by atoms with Crippen LogP contribution in [0.3, 0.4) is 0 Å². The minimum Gasteiger partial charge on any atom is -0.480 e. The van der Waals surface area contributed by atoms with Crippen LogP contribution in [0.15, 0.2) is 0 Å². The van der Waals surface area contributed by atoms with Gasteiger partial charge in [-0.2, -0.15) is 0 Å². The molecule has 0 spiro atoms. The topological polar surface area (TPSA) is 102 Å². The largest absolute Gasteiger partial charge is 0.480 e. The van der Waals surface area contributed by atoms with Crippen LogP contribution in [0, 0.1) is 5.41 Å². The van der Waals surface area contributed by atoms with E-state index in [0.717, 1.165) is 0 Å². The second kappa shape index (κ2) is 4.85. The quantitative estimate of drug-likeness (QED) is 0.649. The van der Waals surface area contributed by atoms with Gasteiger partial charge in [0, 0.05) is 18.4 Å². The zero-order valence-electron chi connectivity index (χ0n) is 11.3. The third-order valence-electron chi connectivity index (χ3n) is 3.95. The van der Waals surface area contributed by atoms with Gasteiger partial charge < -0.3 is 20.9 Å². The summed E-state index contributed by atoms with van der Waals surface area (Å²) in [5.41, 5.74) is 4.53. The SMILES string of the molecule is CCOC1CC(N)(C(=O)N[C@@H](C)C(=O)O)C1(C)C. The maximum atomic E-state index is 12.1. The highest BCUT2D eigenvalue weighted by Gasteiger charge is 2.63. The molecule has 1 fully saturated rings. The van der Waals surface area contributed by atoms with Gasteiger partial charge in [0.2, 0.25) is 5.91 Å². The number of carbonyl (C=O) groups excluding carboxylic acids is 1. The lowest BCUT2D eigenvalue weighted by Gasteiger charge is -2.57. The molecule has 6 heteroatoms. The summed E-state index contributed by atoms with van der Waals surface area (Å²) in [5, 5.41) is 11.2. The van der Waals surface area contributed by atoms with Crippen LogP contribution in [0.5, 0.6) is 0 Å². The summed E-state index contributed by atoms with van der Waals surface area (Å²) in [7, 11) is 0. The summed E-state index contributed by atoms with van der Waals surface area (Å²) >= 11 is 0. The van der Waals surface area contributed by atoms with Crippen LogP contribution in [0.2, 0.25) is 0 Å². The molecule has 6 nitrogen and oxygen atoms in total. The Hall–Kier alpha value is -1.14. The number of amides is 1. The molecule has 2 unspecified atom stereocenters. The molecule has 0 saturated heterocycles. The van der Waals surface area contributed by atoms with Crippen molar-refractivity contribution >= 4 is 11.9 Å². The van der Waals surface area contributed by atoms with Crippen molar-refractivity contribution in [2.45, 2.75) is 51.8 Å². The number of nitrogens with one attached hydrogen (secondary N) is 1. The standard InChI is InChI=1S/C12H22N2O4/c1-5-18-8-6-12(13,11(8,3)4)10(17)14-7(2)9(15)16/h7-8H,5-6,13H2,1-4H3,(H,14,17)(H,15,16)/t7-,8?,12?/m0/s1. The smallest absolute Gasteiger partial charge is 0.325 e. The molecule has 0 radical (unpaired) electrons. The summed E-state index contributed by atoms with van der Waals surface area (Å²) < 4.78 is 5.51. The van der Waals surface area contributed by atoms with Crippen molar-refractivity contribution in [2.75, 3.05) is 6.61 Å². The van der Waals surface area contributed by atoms with E-state index in [-0.39, 0.29) is 6.10 Å². The van der Waals surface area contributed by atoms with Gasteiger partial charge in [-0.15, -0.1) is 0 Å². The summed E-state index contributed by atoms with van der Waals surface area (Å²) in [6.07, 6.45) is 0.338. The van der Waals surface area contributed by atoms with E-state index in [1.807, 2.05) is 20.8 Å². The van der Waals surface area contributed by atoms with Crippen molar-refractivity contribution in [3.05, 3.63) is 0 Å². The number of carboxylic acids is 1. The number of carbonyl (C=O) groups is 2. The summed E-state index contributed by atoms with van der Waals surface area (Å²) in [4.78, 5) is 22.8. The Morgan fingerprint density at radius 3 is 2.50 bits per heavy atom. The van der Waals surface area contributed by atoms with E-state index >= 15 is 0 Å². The summed E-state index contributed by atoms with van der Waals surface area (Å²) in [5.74, 6) is -1.51. The predicted octanol–water partition coefficient (Wildman–Crippen LogP) is 0.108. The monoisotopic (exact) mass is 258 g/mol. The van der Waals surface area contributed by atoms with Gasteiger partial charge in [0.25, 0.3) is 0 Å². The fourth-order valence-electron chi connectivity index (χ4n) is 2.21. The van der Waals surface area contributed by atoms with E-state index in [1.54, 1.807) is 0 Å². The highest BCUT2D eigenvalue weighted by atomic mass is 16.5. The van der Waals surface area contributed by atoms with E-state index in [4.69, 9.17) is 15.6 Å². The zero-order valence-corrected chi connectivity index (χ0v) is 11.3. The molecule has 3 atom stereocenters. The number of aliphatic carboxylic acids is 1. The van der Waals surface area contributed by atoms with Gasteiger partial charge in [0.05, 0.1) is 6.10 Å². The molecule has 0 aromatic heterocycles.